The minimum Gasteiger partial charge on any atom is -0.339 e. The summed E-state index contributed by atoms with van der Waals surface area (Å²) < 4.78 is 1.72. The zero-order valence-corrected chi connectivity index (χ0v) is 17.7. The number of aryl methyl sites for hydroxylation is 1. The molecular formula is C24H30N4O2. The van der Waals surface area contributed by atoms with Crippen LogP contribution in [0, 0.1) is 5.92 Å². The molecule has 1 aromatic carbocycles. The van der Waals surface area contributed by atoms with Gasteiger partial charge >= 0.3 is 0 Å². The van der Waals surface area contributed by atoms with Crippen molar-refractivity contribution in [3.8, 4) is 0 Å². The zero-order valence-electron chi connectivity index (χ0n) is 17.7. The summed E-state index contributed by atoms with van der Waals surface area (Å²) in [5.74, 6) is 0.847. The van der Waals surface area contributed by atoms with Gasteiger partial charge in [0.05, 0.1) is 6.20 Å². The second-order valence-corrected chi connectivity index (χ2v) is 8.42. The molecule has 6 nitrogen and oxygen atoms in total. The quantitative estimate of drug-likeness (QED) is 0.717. The summed E-state index contributed by atoms with van der Waals surface area (Å²) in [5, 5.41) is 4.11. The van der Waals surface area contributed by atoms with Crippen LogP contribution in [-0.2, 0) is 29.6 Å². The number of fused-ring (bicyclic) bond motifs is 1. The predicted octanol–water partition coefficient (Wildman–Crippen LogP) is 3.04. The summed E-state index contributed by atoms with van der Waals surface area (Å²) in [7, 11) is 1.86. The number of carbonyl (C=O) groups is 2. The van der Waals surface area contributed by atoms with E-state index in [2.05, 4.69) is 23.3 Å². The summed E-state index contributed by atoms with van der Waals surface area (Å²) in [4.78, 5) is 29.0. The topological polar surface area (TPSA) is 58.4 Å². The molecule has 3 heterocycles. The number of rotatable bonds is 5. The van der Waals surface area contributed by atoms with Crippen LogP contribution in [0.25, 0.3) is 6.08 Å². The van der Waals surface area contributed by atoms with E-state index in [1.807, 2.05) is 35.2 Å². The van der Waals surface area contributed by atoms with Crippen molar-refractivity contribution >= 4 is 17.9 Å². The van der Waals surface area contributed by atoms with E-state index < -0.39 is 0 Å². The minimum atomic E-state index is 0.0559. The van der Waals surface area contributed by atoms with E-state index in [1.165, 1.54) is 11.1 Å². The predicted molar refractivity (Wildman–Crippen MR) is 116 cm³/mol. The first-order valence-corrected chi connectivity index (χ1v) is 10.9. The average Bonchev–Trinajstić information content (AvgIpc) is 3.21. The Morgan fingerprint density at radius 3 is 2.60 bits per heavy atom. The second-order valence-electron chi connectivity index (χ2n) is 8.42. The van der Waals surface area contributed by atoms with Gasteiger partial charge in [0.2, 0.25) is 11.8 Å². The van der Waals surface area contributed by atoms with Gasteiger partial charge in [-0.2, -0.15) is 5.10 Å². The van der Waals surface area contributed by atoms with Crippen LogP contribution in [0.3, 0.4) is 0 Å². The highest BCUT2D eigenvalue weighted by Gasteiger charge is 2.24. The molecule has 0 radical (unpaired) electrons. The lowest BCUT2D eigenvalue weighted by atomic mass is 9.91. The molecule has 0 spiro atoms. The number of carbonyl (C=O) groups excluding carboxylic acids is 2. The third-order valence-electron chi connectivity index (χ3n) is 6.32. The lowest BCUT2D eigenvalue weighted by molar-refractivity contribution is -0.133. The van der Waals surface area contributed by atoms with E-state index in [4.69, 9.17) is 0 Å². The van der Waals surface area contributed by atoms with E-state index in [1.54, 1.807) is 17.0 Å². The standard InChI is InChI=1S/C24H30N4O2/c1-26-17-20(16-25-26)7-9-23(29)27-13-10-19(11-14-27)6-8-24(30)28-15-12-21-4-2-3-5-22(21)18-28/h2-5,7,9,16-17,19H,6,8,10-15,18H2,1H3/b9-7+. The maximum atomic E-state index is 12.7. The number of piperidine rings is 1. The Labute approximate surface area is 178 Å². The van der Waals surface area contributed by atoms with Crippen molar-refractivity contribution in [1.82, 2.24) is 19.6 Å². The van der Waals surface area contributed by atoms with Crippen LogP contribution in [0.2, 0.25) is 0 Å². The first-order valence-electron chi connectivity index (χ1n) is 10.9. The van der Waals surface area contributed by atoms with E-state index in [9.17, 15) is 9.59 Å². The SMILES string of the molecule is Cn1cc(/C=C/C(=O)N2CCC(CCC(=O)N3CCc4ccccc4C3)CC2)cn1. The van der Waals surface area contributed by atoms with Crippen molar-refractivity contribution in [2.75, 3.05) is 19.6 Å². The number of aromatic nitrogens is 2. The fraction of sp³-hybridized carbons (Fsp3) is 0.458. The van der Waals surface area contributed by atoms with Gasteiger partial charge in [-0.15, -0.1) is 0 Å². The lowest BCUT2D eigenvalue weighted by Gasteiger charge is -2.32. The fourth-order valence-electron chi connectivity index (χ4n) is 4.44. The molecule has 0 saturated carbocycles. The van der Waals surface area contributed by atoms with Crippen molar-refractivity contribution in [1.29, 1.82) is 0 Å². The van der Waals surface area contributed by atoms with Crippen molar-refractivity contribution in [2.45, 2.75) is 38.6 Å². The molecule has 1 fully saturated rings. The maximum absolute atomic E-state index is 12.7. The van der Waals surface area contributed by atoms with E-state index in [0.29, 0.717) is 12.3 Å². The highest BCUT2D eigenvalue weighted by molar-refractivity contribution is 5.91. The fourth-order valence-corrected chi connectivity index (χ4v) is 4.44. The molecule has 2 amide bonds. The van der Waals surface area contributed by atoms with E-state index in [-0.39, 0.29) is 11.8 Å². The molecule has 0 atom stereocenters. The molecule has 2 aliphatic heterocycles. The van der Waals surface area contributed by atoms with Crippen LogP contribution >= 0.6 is 0 Å². The van der Waals surface area contributed by atoms with Gasteiger partial charge in [-0.3, -0.25) is 14.3 Å². The molecule has 6 heteroatoms. The second kappa shape index (κ2) is 9.28. The molecule has 4 rings (SSSR count). The Kier molecular flexibility index (Phi) is 6.31. The Hall–Kier alpha value is -2.89. The summed E-state index contributed by atoms with van der Waals surface area (Å²) in [5.41, 5.74) is 3.58. The van der Waals surface area contributed by atoms with Crippen LogP contribution in [0.5, 0.6) is 0 Å². The van der Waals surface area contributed by atoms with Gasteiger partial charge in [0, 0.05) is 57.5 Å². The van der Waals surface area contributed by atoms with Crippen molar-refractivity contribution in [3.63, 3.8) is 0 Å². The van der Waals surface area contributed by atoms with Crippen molar-refractivity contribution < 1.29 is 9.59 Å². The Morgan fingerprint density at radius 2 is 1.87 bits per heavy atom. The van der Waals surface area contributed by atoms with Gasteiger partial charge in [-0.05, 0) is 48.8 Å². The summed E-state index contributed by atoms with van der Waals surface area (Å²) >= 11 is 0. The molecule has 1 aromatic heterocycles. The number of hydrogen-bond acceptors (Lipinski definition) is 3. The molecule has 0 N–H and O–H groups in total. The number of benzene rings is 1. The van der Waals surface area contributed by atoms with E-state index in [0.717, 1.165) is 57.4 Å². The summed E-state index contributed by atoms with van der Waals surface area (Å²) in [6.07, 6.45) is 11.5. The normalized spacial score (nSPS) is 17.4. The molecule has 1 saturated heterocycles. The monoisotopic (exact) mass is 406 g/mol. The van der Waals surface area contributed by atoms with Crippen molar-refractivity contribution in [2.24, 2.45) is 13.0 Å². The van der Waals surface area contributed by atoms with Crippen LogP contribution in [0.1, 0.15) is 42.4 Å². The van der Waals surface area contributed by atoms with Gasteiger partial charge in [0.1, 0.15) is 0 Å². The number of likely N-dealkylation sites (tertiary alicyclic amines) is 1. The smallest absolute Gasteiger partial charge is 0.246 e. The molecule has 0 aliphatic carbocycles. The van der Waals surface area contributed by atoms with Crippen LogP contribution < -0.4 is 0 Å². The molecule has 2 aromatic rings. The Balaban J connectivity index is 1.19. The summed E-state index contributed by atoms with van der Waals surface area (Å²) in [6.45, 7) is 3.11. The van der Waals surface area contributed by atoms with E-state index >= 15 is 0 Å². The zero-order chi connectivity index (χ0) is 20.9. The Bertz CT molecular complexity index is 925. The van der Waals surface area contributed by atoms with Gasteiger partial charge in [0.25, 0.3) is 0 Å². The molecular weight excluding hydrogens is 376 g/mol. The number of hydrogen-bond donors (Lipinski definition) is 0. The van der Waals surface area contributed by atoms with Gasteiger partial charge in [-0.25, -0.2) is 0 Å². The molecule has 2 aliphatic rings. The average molecular weight is 407 g/mol. The maximum Gasteiger partial charge on any atom is 0.246 e. The molecule has 0 unspecified atom stereocenters. The van der Waals surface area contributed by atoms with Crippen LogP contribution in [0.4, 0.5) is 0 Å². The van der Waals surface area contributed by atoms with Crippen LogP contribution in [0.15, 0.2) is 42.7 Å². The third kappa shape index (κ3) is 4.99. The lowest BCUT2D eigenvalue weighted by Crippen LogP contribution is -2.38. The molecule has 0 bridgehead atoms. The largest absolute Gasteiger partial charge is 0.339 e. The highest BCUT2D eigenvalue weighted by atomic mass is 16.2. The minimum absolute atomic E-state index is 0.0559. The van der Waals surface area contributed by atoms with Crippen molar-refractivity contribution in [3.05, 3.63) is 59.4 Å². The third-order valence-corrected chi connectivity index (χ3v) is 6.32. The van der Waals surface area contributed by atoms with Crippen LogP contribution in [-0.4, -0.2) is 51.0 Å². The Morgan fingerprint density at radius 1 is 1.10 bits per heavy atom. The molecule has 158 valence electrons. The van der Waals surface area contributed by atoms with Gasteiger partial charge < -0.3 is 9.80 Å². The van der Waals surface area contributed by atoms with Gasteiger partial charge in [0.15, 0.2) is 0 Å². The van der Waals surface area contributed by atoms with Gasteiger partial charge in [-0.1, -0.05) is 24.3 Å². The highest BCUT2D eigenvalue weighted by Crippen LogP contribution is 2.24. The summed E-state index contributed by atoms with van der Waals surface area (Å²) in [6, 6.07) is 8.41. The first kappa shape index (κ1) is 20.4. The number of amides is 2. The number of nitrogens with zero attached hydrogens (tertiary/aromatic N) is 4. The first-order chi connectivity index (χ1) is 14.6. The molecule has 30 heavy (non-hydrogen) atoms.